The Morgan fingerprint density at radius 3 is 2.74 bits per heavy atom. The summed E-state index contributed by atoms with van der Waals surface area (Å²) in [5.41, 5.74) is 0.699. The summed E-state index contributed by atoms with van der Waals surface area (Å²) in [5, 5.41) is 0.572. The molecule has 0 radical (unpaired) electrons. The fourth-order valence-electron chi connectivity index (χ4n) is 1.49. The van der Waals surface area contributed by atoms with Crippen molar-refractivity contribution < 1.29 is 13.5 Å². The van der Waals surface area contributed by atoms with Crippen LogP contribution in [-0.4, -0.2) is 41.4 Å². The molecule has 0 fully saturated rings. The van der Waals surface area contributed by atoms with Crippen LogP contribution >= 0.6 is 15.9 Å². The number of halogens is 3. The van der Waals surface area contributed by atoms with Crippen LogP contribution in [0.15, 0.2) is 6.07 Å². The van der Waals surface area contributed by atoms with E-state index in [9.17, 15) is 8.78 Å². The molecule has 1 rings (SSSR count). The first-order valence-corrected chi connectivity index (χ1v) is 7.26. The largest absolute Gasteiger partial charge is 0.478 e. The number of aryl methyl sites for hydroxylation is 1. The summed E-state index contributed by atoms with van der Waals surface area (Å²) >= 11 is 3.24. The zero-order valence-electron chi connectivity index (χ0n) is 11.1. The highest BCUT2D eigenvalue weighted by Gasteiger charge is 2.16. The molecule has 0 saturated heterocycles. The smallest absolute Gasteiger partial charge is 0.255 e. The second-order valence-corrected chi connectivity index (χ2v) is 4.82. The Kier molecular flexibility index (Phi) is 6.97. The van der Waals surface area contributed by atoms with Gasteiger partial charge in [-0.25, -0.2) is 13.8 Å². The van der Waals surface area contributed by atoms with Crippen molar-refractivity contribution in [2.75, 3.05) is 29.9 Å². The van der Waals surface area contributed by atoms with Gasteiger partial charge in [-0.1, -0.05) is 22.9 Å². The molecule has 0 aliphatic carbocycles. The van der Waals surface area contributed by atoms with Gasteiger partial charge in [-0.15, -0.1) is 0 Å². The number of nitrogens with zero attached hydrogens (tertiary/aromatic N) is 3. The summed E-state index contributed by atoms with van der Waals surface area (Å²) in [6.45, 7) is 4.36. The molecule has 0 aromatic carbocycles. The monoisotopic (exact) mass is 337 g/mol. The number of hydrogen-bond acceptors (Lipinski definition) is 4. The molecule has 1 aromatic rings. The maximum absolute atomic E-state index is 12.6. The highest BCUT2D eigenvalue weighted by molar-refractivity contribution is 9.09. The molecule has 0 amide bonds. The lowest BCUT2D eigenvalue weighted by Gasteiger charge is -2.21. The number of alkyl halides is 3. The zero-order valence-corrected chi connectivity index (χ0v) is 12.7. The SMILES string of the molecule is CCCOc1cc(C)nc(N(CCBr)CC(F)F)n1. The lowest BCUT2D eigenvalue weighted by molar-refractivity contribution is 0.154. The van der Waals surface area contributed by atoms with Crippen molar-refractivity contribution in [3.05, 3.63) is 11.8 Å². The Morgan fingerprint density at radius 2 is 2.16 bits per heavy atom. The molecule has 0 aliphatic heterocycles. The van der Waals surface area contributed by atoms with E-state index in [1.807, 2.05) is 6.92 Å². The van der Waals surface area contributed by atoms with Gasteiger partial charge in [0, 0.05) is 23.6 Å². The second-order valence-electron chi connectivity index (χ2n) is 4.02. The van der Waals surface area contributed by atoms with E-state index in [-0.39, 0.29) is 12.5 Å². The maximum atomic E-state index is 12.6. The van der Waals surface area contributed by atoms with Crippen LogP contribution in [0.5, 0.6) is 5.88 Å². The van der Waals surface area contributed by atoms with Crippen LogP contribution in [0.3, 0.4) is 0 Å². The van der Waals surface area contributed by atoms with Crippen LogP contribution in [0.2, 0.25) is 0 Å². The van der Waals surface area contributed by atoms with Gasteiger partial charge >= 0.3 is 0 Å². The van der Waals surface area contributed by atoms with Gasteiger partial charge in [0.15, 0.2) is 0 Å². The summed E-state index contributed by atoms with van der Waals surface area (Å²) in [4.78, 5) is 9.83. The van der Waals surface area contributed by atoms with E-state index in [0.717, 1.165) is 6.42 Å². The second kappa shape index (κ2) is 8.24. The van der Waals surface area contributed by atoms with E-state index in [4.69, 9.17) is 4.74 Å². The molecule has 0 bridgehead atoms. The Morgan fingerprint density at radius 1 is 1.42 bits per heavy atom. The summed E-state index contributed by atoms with van der Waals surface area (Å²) in [5.74, 6) is 0.712. The first kappa shape index (κ1) is 16.1. The van der Waals surface area contributed by atoms with Gasteiger partial charge in [-0.05, 0) is 13.3 Å². The molecule has 0 spiro atoms. The molecule has 19 heavy (non-hydrogen) atoms. The minimum atomic E-state index is -2.43. The van der Waals surface area contributed by atoms with Crippen LogP contribution in [0, 0.1) is 6.92 Å². The summed E-state index contributed by atoms with van der Waals surface area (Å²) < 4.78 is 30.5. The molecule has 4 nitrogen and oxygen atoms in total. The van der Waals surface area contributed by atoms with Crippen LogP contribution < -0.4 is 9.64 Å². The first-order valence-electron chi connectivity index (χ1n) is 6.14. The van der Waals surface area contributed by atoms with Crippen molar-refractivity contribution >= 4 is 21.9 Å². The van der Waals surface area contributed by atoms with E-state index < -0.39 is 6.43 Å². The van der Waals surface area contributed by atoms with E-state index >= 15 is 0 Å². The maximum Gasteiger partial charge on any atom is 0.255 e. The van der Waals surface area contributed by atoms with Crippen molar-refractivity contribution in [3.63, 3.8) is 0 Å². The number of ether oxygens (including phenoxy) is 1. The Balaban J connectivity index is 2.90. The number of aromatic nitrogens is 2. The summed E-state index contributed by atoms with van der Waals surface area (Å²) in [6, 6.07) is 1.70. The molecule has 1 heterocycles. The van der Waals surface area contributed by atoms with Gasteiger partial charge in [0.1, 0.15) is 0 Å². The van der Waals surface area contributed by atoms with E-state index in [2.05, 4.69) is 25.9 Å². The molecule has 1 aromatic heterocycles. The van der Waals surface area contributed by atoms with Gasteiger partial charge in [0.25, 0.3) is 6.43 Å². The Bertz CT molecular complexity index is 393. The minimum Gasteiger partial charge on any atom is -0.478 e. The fraction of sp³-hybridized carbons (Fsp3) is 0.667. The van der Waals surface area contributed by atoms with Crippen molar-refractivity contribution in [3.8, 4) is 5.88 Å². The number of rotatable bonds is 8. The third kappa shape index (κ3) is 5.67. The average molecular weight is 338 g/mol. The predicted molar refractivity (Wildman–Crippen MR) is 74.6 cm³/mol. The standard InChI is InChI=1S/C12H18BrF2N3O/c1-3-6-19-11-7-9(2)16-12(17-11)18(5-4-13)8-10(14)15/h7,10H,3-6,8H2,1-2H3. The van der Waals surface area contributed by atoms with Crippen molar-refractivity contribution in [2.45, 2.75) is 26.7 Å². The van der Waals surface area contributed by atoms with Crippen molar-refractivity contribution in [2.24, 2.45) is 0 Å². The molecule has 0 aliphatic rings. The van der Waals surface area contributed by atoms with Crippen LogP contribution in [0.1, 0.15) is 19.0 Å². The van der Waals surface area contributed by atoms with Gasteiger partial charge in [0.2, 0.25) is 11.8 Å². The molecule has 0 N–H and O–H groups in total. The lowest BCUT2D eigenvalue weighted by atomic mass is 10.4. The quantitative estimate of drug-likeness (QED) is 0.683. The fourth-order valence-corrected chi connectivity index (χ4v) is 1.92. The molecule has 0 saturated carbocycles. The molecule has 7 heteroatoms. The van der Waals surface area contributed by atoms with Crippen LogP contribution in [0.25, 0.3) is 0 Å². The molecule has 108 valence electrons. The van der Waals surface area contributed by atoms with E-state index in [1.165, 1.54) is 4.90 Å². The van der Waals surface area contributed by atoms with Gasteiger partial charge in [-0.3, -0.25) is 0 Å². The Labute approximate surface area is 120 Å². The Hall–Kier alpha value is -0.980. The summed E-state index contributed by atoms with van der Waals surface area (Å²) in [7, 11) is 0. The molecular weight excluding hydrogens is 320 g/mol. The highest BCUT2D eigenvalue weighted by atomic mass is 79.9. The van der Waals surface area contributed by atoms with Gasteiger partial charge < -0.3 is 9.64 Å². The highest BCUT2D eigenvalue weighted by Crippen LogP contribution is 2.17. The number of hydrogen-bond donors (Lipinski definition) is 0. The summed E-state index contributed by atoms with van der Waals surface area (Å²) in [6.07, 6.45) is -1.57. The van der Waals surface area contributed by atoms with Gasteiger partial charge in [-0.2, -0.15) is 4.98 Å². The van der Waals surface area contributed by atoms with E-state index in [0.29, 0.717) is 30.1 Å². The third-order valence-electron chi connectivity index (χ3n) is 2.27. The molecule has 0 atom stereocenters. The number of anilines is 1. The van der Waals surface area contributed by atoms with E-state index in [1.54, 1.807) is 13.0 Å². The lowest BCUT2D eigenvalue weighted by Crippen LogP contribution is -2.32. The van der Waals surface area contributed by atoms with Crippen LogP contribution in [0.4, 0.5) is 14.7 Å². The van der Waals surface area contributed by atoms with Crippen molar-refractivity contribution in [1.29, 1.82) is 0 Å². The first-order chi connectivity index (χ1) is 9.06. The molecular formula is C12H18BrF2N3O. The average Bonchev–Trinajstić information content (AvgIpc) is 2.34. The normalized spacial score (nSPS) is 10.8. The third-order valence-corrected chi connectivity index (χ3v) is 2.62. The predicted octanol–water partition coefficient (Wildman–Crippen LogP) is 3.04. The molecule has 0 unspecified atom stereocenters. The van der Waals surface area contributed by atoms with Gasteiger partial charge in [0.05, 0.1) is 13.2 Å². The minimum absolute atomic E-state index is 0.283. The zero-order chi connectivity index (χ0) is 14.3. The van der Waals surface area contributed by atoms with Crippen LogP contribution in [-0.2, 0) is 0 Å². The van der Waals surface area contributed by atoms with Crippen molar-refractivity contribution in [1.82, 2.24) is 9.97 Å². The topological polar surface area (TPSA) is 38.2 Å².